The Morgan fingerprint density at radius 3 is 2.55 bits per heavy atom. The van der Waals surface area contributed by atoms with Crippen molar-refractivity contribution in [2.75, 3.05) is 0 Å². The van der Waals surface area contributed by atoms with Crippen LogP contribution in [0.1, 0.15) is 41.0 Å². The van der Waals surface area contributed by atoms with Crippen molar-refractivity contribution in [3.05, 3.63) is 12.2 Å². The summed E-state index contributed by atoms with van der Waals surface area (Å²) < 4.78 is 5.61. The monoisotopic (exact) mass is 276 g/mol. The molecular formula is C17H24O3. The van der Waals surface area contributed by atoms with Crippen molar-refractivity contribution in [2.45, 2.75) is 47.1 Å². The molecule has 0 saturated heterocycles. The Morgan fingerprint density at radius 1 is 1.30 bits per heavy atom. The second-order valence-electron chi connectivity index (χ2n) is 7.68. The molecule has 0 amide bonds. The van der Waals surface area contributed by atoms with Crippen LogP contribution in [0.5, 0.6) is 0 Å². The predicted molar refractivity (Wildman–Crippen MR) is 75.8 cm³/mol. The van der Waals surface area contributed by atoms with Gasteiger partial charge in [-0.05, 0) is 31.1 Å². The average Bonchev–Trinajstić information content (AvgIpc) is 2.43. The summed E-state index contributed by atoms with van der Waals surface area (Å²) in [6, 6.07) is 0. The molecule has 20 heavy (non-hydrogen) atoms. The van der Waals surface area contributed by atoms with Gasteiger partial charge >= 0.3 is 5.97 Å². The number of hydrogen-bond donors (Lipinski definition) is 0. The van der Waals surface area contributed by atoms with Gasteiger partial charge in [0, 0.05) is 18.3 Å². The Hall–Kier alpha value is -1.12. The Labute approximate surface area is 120 Å². The molecule has 6 atom stereocenters. The van der Waals surface area contributed by atoms with Gasteiger partial charge in [-0.2, -0.15) is 0 Å². The summed E-state index contributed by atoms with van der Waals surface area (Å²) in [6.07, 6.45) is 5.10. The molecule has 2 fully saturated rings. The van der Waals surface area contributed by atoms with Gasteiger partial charge in [0.1, 0.15) is 11.9 Å². The fourth-order valence-corrected chi connectivity index (χ4v) is 5.32. The predicted octanol–water partition coefficient (Wildman–Crippen LogP) is 2.99. The van der Waals surface area contributed by atoms with Gasteiger partial charge < -0.3 is 4.74 Å². The highest BCUT2D eigenvalue weighted by molar-refractivity contribution is 5.95. The van der Waals surface area contributed by atoms with Crippen LogP contribution in [0.2, 0.25) is 0 Å². The van der Waals surface area contributed by atoms with Gasteiger partial charge in [0.2, 0.25) is 0 Å². The molecule has 3 aliphatic carbocycles. The van der Waals surface area contributed by atoms with Gasteiger partial charge in [-0.25, -0.2) is 0 Å². The summed E-state index contributed by atoms with van der Waals surface area (Å²) >= 11 is 0. The van der Waals surface area contributed by atoms with Crippen molar-refractivity contribution in [3.63, 3.8) is 0 Å². The molecule has 3 heteroatoms. The zero-order valence-corrected chi connectivity index (χ0v) is 13.0. The molecule has 0 N–H and O–H groups in total. The van der Waals surface area contributed by atoms with Gasteiger partial charge in [-0.15, -0.1) is 0 Å². The van der Waals surface area contributed by atoms with Crippen LogP contribution in [-0.2, 0) is 14.3 Å². The van der Waals surface area contributed by atoms with Gasteiger partial charge in [0.15, 0.2) is 0 Å². The van der Waals surface area contributed by atoms with E-state index in [1.54, 1.807) is 0 Å². The van der Waals surface area contributed by atoms with E-state index in [1.165, 1.54) is 6.92 Å². The Morgan fingerprint density at radius 2 is 1.95 bits per heavy atom. The number of allylic oxidation sites excluding steroid dienone is 2. The lowest BCUT2D eigenvalue weighted by Gasteiger charge is -2.50. The first-order valence-electron chi connectivity index (χ1n) is 7.61. The summed E-state index contributed by atoms with van der Waals surface area (Å²) in [4.78, 5) is 24.4. The third-order valence-corrected chi connectivity index (χ3v) is 6.05. The highest BCUT2D eigenvalue weighted by Gasteiger charge is 2.68. The van der Waals surface area contributed by atoms with Crippen LogP contribution in [0.4, 0.5) is 0 Å². The van der Waals surface area contributed by atoms with Crippen LogP contribution in [-0.4, -0.2) is 17.9 Å². The highest BCUT2D eigenvalue weighted by Crippen LogP contribution is 2.65. The summed E-state index contributed by atoms with van der Waals surface area (Å²) in [5, 5.41) is 0. The van der Waals surface area contributed by atoms with E-state index in [9.17, 15) is 9.59 Å². The van der Waals surface area contributed by atoms with Crippen molar-refractivity contribution in [1.82, 2.24) is 0 Å². The van der Waals surface area contributed by atoms with Crippen molar-refractivity contribution in [1.29, 1.82) is 0 Å². The number of rotatable bonds is 1. The quantitative estimate of drug-likeness (QED) is 0.546. The van der Waals surface area contributed by atoms with E-state index in [2.05, 4.69) is 32.9 Å². The Balaban J connectivity index is 2.11. The highest BCUT2D eigenvalue weighted by atomic mass is 16.5. The fraction of sp³-hybridized carbons (Fsp3) is 0.765. The second kappa shape index (κ2) is 3.96. The van der Waals surface area contributed by atoms with Crippen LogP contribution in [0.25, 0.3) is 0 Å². The van der Waals surface area contributed by atoms with E-state index in [-0.39, 0.29) is 29.3 Å². The van der Waals surface area contributed by atoms with Gasteiger partial charge in [0.05, 0.1) is 5.41 Å². The molecule has 0 aromatic heterocycles. The van der Waals surface area contributed by atoms with Gasteiger partial charge in [-0.1, -0.05) is 32.9 Å². The van der Waals surface area contributed by atoms with Crippen LogP contribution < -0.4 is 0 Å². The van der Waals surface area contributed by atoms with Crippen molar-refractivity contribution < 1.29 is 14.3 Å². The lowest BCUT2D eigenvalue weighted by atomic mass is 9.56. The molecule has 2 saturated carbocycles. The summed E-state index contributed by atoms with van der Waals surface area (Å²) in [5.74, 6) is 1.39. The van der Waals surface area contributed by atoms with Crippen molar-refractivity contribution in [2.24, 2.45) is 34.5 Å². The molecule has 0 aliphatic heterocycles. The number of ketones is 1. The lowest BCUT2D eigenvalue weighted by molar-refractivity contribution is -0.159. The van der Waals surface area contributed by atoms with E-state index in [4.69, 9.17) is 4.74 Å². The maximum atomic E-state index is 12.9. The van der Waals surface area contributed by atoms with E-state index < -0.39 is 5.41 Å². The van der Waals surface area contributed by atoms with E-state index in [0.29, 0.717) is 17.6 Å². The van der Waals surface area contributed by atoms with E-state index in [0.717, 1.165) is 6.42 Å². The zero-order valence-electron chi connectivity index (χ0n) is 13.0. The molecule has 3 nitrogen and oxygen atoms in total. The molecule has 3 aliphatic rings. The first-order valence-corrected chi connectivity index (χ1v) is 7.61. The minimum Gasteiger partial charge on any atom is -0.462 e. The third-order valence-electron chi connectivity index (χ3n) is 6.05. The van der Waals surface area contributed by atoms with Crippen LogP contribution in [0.15, 0.2) is 12.2 Å². The summed E-state index contributed by atoms with van der Waals surface area (Å²) in [7, 11) is 0. The molecule has 110 valence electrons. The number of hydrogen-bond acceptors (Lipinski definition) is 3. The lowest BCUT2D eigenvalue weighted by Crippen LogP contribution is -2.50. The summed E-state index contributed by atoms with van der Waals surface area (Å²) in [6.45, 7) is 9.85. The number of esters is 1. The molecule has 6 unspecified atom stereocenters. The van der Waals surface area contributed by atoms with Crippen molar-refractivity contribution in [3.8, 4) is 0 Å². The number of ether oxygens (including phenoxy) is 1. The second-order valence-corrected chi connectivity index (χ2v) is 7.68. The van der Waals surface area contributed by atoms with Crippen LogP contribution in [0, 0.1) is 34.5 Å². The van der Waals surface area contributed by atoms with Gasteiger partial charge in [0.25, 0.3) is 0 Å². The molecular weight excluding hydrogens is 252 g/mol. The van der Waals surface area contributed by atoms with Gasteiger partial charge in [-0.3, -0.25) is 9.59 Å². The molecule has 0 aromatic rings. The van der Waals surface area contributed by atoms with Crippen molar-refractivity contribution >= 4 is 11.8 Å². The fourth-order valence-electron chi connectivity index (χ4n) is 5.32. The average molecular weight is 276 g/mol. The zero-order chi connectivity index (χ0) is 14.9. The van der Waals surface area contributed by atoms with E-state index in [1.807, 2.05) is 6.92 Å². The minimum absolute atomic E-state index is 0.121. The normalized spacial score (nSPS) is 48.2. The first-order chi connectivity index (χ1) is 9.19. The van der Waals surface area contributed by atoms with Crippen LogP contribution >= 0.6 is 0 Å². The largest absolute Gasteiger partial charge is 0.462 e. The minimum atomic E-state index is -0.467. The molecule has 0 heterocycles. The summed E-state index contributed by atoms with van der Waals surface area (Å²) in [5.41, 5.74) is -0.800. The first kappa shape index (κ1) is 13.8. The molecule has 0 aromatic carbocycles. The number of carbonyl (C=O) groups excluding carboxylic acids is 2. The SMILES string of the molecule is CC(=O)OC1CC(C)C2C=CC3(C)C(=O)C(C)(C)C2C13. The maximum Gasteiger partial charge on any atom is 0.302 e. The number of carbonyl (C=O) groups is 2. The molecule has 3 rings (SSSR count). The third kappa shape index (κ3) is 1.52. The Bertz CT molecular complexity index is 504. The van der Waals surface area contributed by atoms with E-state index >= 15 is 0 Å². The molecule has 0 radical (unpaired) electrons. The van der Waals surface area contributed by atoms with Crippen LogP contribution in [0.3, 0.4) is 0 Å². The maximum absolute atomic E-state index is 12.9. The molecule has 4 bridgehead atoms. The smallest absolute Gasteiger partial charge is 0.302 e. The standard InChI is InChI=1S/C17H24O3/c1-9-8-12(20-10(2)18)14-13-11(9)6-7-17(14,5)15(19)16(13,3)4/h6-7,9,11-14H,8H2,1-5H3. The Kier molecular flexibility index (Phi) is 2.74. The molecule has 0 spiro atoms. The number of Topliss-reactive ketones (excluding diaryl/α,β-unsaturated/α-hetero) is 1. The topological polar surface area (TPSA) is 43.4 Å².